The summed E-state index contributed by atoms with van der Waals surface area (Å²) in [5.41, 5.74) is -0.554. The van der Waals surface area contributed by atoms with Crippen LogP contribution in [0, 0.1) is 11.8 Å². The van der Waals surface area contributed by atoms with Gasteiger partial charge in [-0.15, -0.1) is 0 Å². The number of carbonyl (C=O) groups excluding carboxylic acids is 1. The summed E-state index contributed by atoms with van der Waals surface area (Å²) < 4.78 is 42.4. The summed E-state index contributed by atoms with van der Waals surface area (Å²) in [5.74, 6) is 0.368. The third kappa shape index (κ3) is 3.66. The number of ether oxygens (including phenoxy) is 2. The molecule has 10 heteroatoms. The first-order valence-electron chi connectivity index (χ1n) is 8.58. The lowest BCUT2D eigenvalue weighted by atomic mass is 9.89. The predicted octanol–water partition coefficient (Wildman–Crippen LogP) is 1.56. The molecule has 2 fully saturated rings. The number of methoxy groups -OCH3 is 1. The highest BCUT2D eigenvalue weighted by Gasteiger charge is 2.45. The number of rotatable bonds is 3. The number of carbonyl (C=O) groups is 1. The van der Waals surface area contributed by atoms with Gasteiger partial charge in [-0.1, -0.05) is 5.16 Å². The molecule has 2 aliphatic heterocycles. The Morgan fingerprint density at radius 1 is 1.27 bits per heavy atom. The molecule has 1 aromatic rings. The molecule has 0 spiro atoms. The summed E-state index contributed by atoms with van der Waals surface area (Å²) >= 11 is 0. The molecule has 146 valence electrons. The van der Waals surface area contributed by atoms with E-state index in [9.17, 15) is 13.2 Å². The number of fused-ring (bicyclic) bond motifs is 1. The molecule has 1 amide bonds. The maximum atomic E-state index is 12.8. The normalized spacial score (nSPS) is 24.4. The van der Waals surface area contributed by atoms with Gasteiger partial charge >= 0.3 is 11.2 Å². The van der Waals surface area contributed by atoms with Crippen LogP contribution >= 0.6 is 0 Å². The summed E-state index contributed by atoms with van der Waals surface area (Å²) in [7, 11) is -2.45. The number of hydrogen-bond donors (Lipinski definition) is 0. The number of nitrogens with zero attached hydrogens (tertiary/aromatic N) is 3. The highest BCUT2D eigenvalue weighted by atomic mass is 32.2. The fourth-order valence-electron chi connectivity index (χ4n) is 3.46. The van der Waals surface area contributed by atoms with Crippen molar-refractivity contribution in [1.29, 1.82) is 0 Å². The van der Waals surface area contributed by atoms with E-state index in [4.69, 9.17) is 14.0 Å². The van der Waals surface area contributed by atoms with Crippen molar-refractivity contribution >= 4 is 16.1 Å². The van der Waals surface area contributed by atoms with Gasteiger partial charge in [0, 0.05) is 26.2 Å². The average Bonchev–Trinajstić information content (AvgIpc) is 3.19. The molecule has 2 saturated heterocycles. The van der Waals surface area contributed by atoms with Crippen molar-refractivity contribution in [3.05, 3.63) is 6.20 Å². The number of aromatic nitrogens is 1. The quantitative estimate of drug-likeness (QED) is 0.775. The Balaban J connectivity index is 1.69. The van der Waals surface area contributed by atoms with Crippen LogP contribution in [0.2, 0.25) is 0 Å². The molecule has 2 aliphatic rings. The summed E-state index contributed by atoms with van der Waals surface area (Å²) in [4.78, 5) is 13.9. The number of piperidine rings is 1. The number of sulfonamides is 1. The van der Waals surface area contributed by atoms with Gasteiger partial charge < -0.3 is 18.9 Å². The van der Waals surface area contributed by atoms with E-state index in [1.807, 2.05) is 20.8 Å². The fourth-order valence-corrected chi connectivity index (χ4v) is 5.00. The number of amides is 1. The molecule has 3 rings (SSSR count). The molecule has 0 radical (unpaired) electrons. The Bertz CT molecular complexity index is 769. The van der Waals surface area contributed by atoms with Gasteiger partial charge in [-0.25, -0.2) is 13.2 Å². The minimum Gasteiger partial charge on any atom is -0.491 e. The third-order valence-electron chi connectivity index (χ3n) is 4.72. The molecule has 0 aromatic carbocycles. The molecule has 0 N–H and O–H groups in total. The fraction of sp³-hybridized carbons (Fsp3) is 0.750. The van der Waals surface area contributed by atoms with Crippen molar-refractivity contribution in [2.45, 2.75) is 37.9 Å². The topological polar surface area (TPSA) is 102 Å². The first-order valence-corrected chi connectivity index (χ1v) is 10.0. The summed E-state index contributed by atoms with van der Waals surface area (Å²) in [6, 6.07) is 0. The van der Waals surface area contributed by atoms with Crippen LogP contribution < -0.4 is 4.74 Å². The van der Waals surface area contributed by atoms with Crippen molar-refractivity contribution in [3.8, 4) is 5.75 Å². The van der Waals surface area contributed by atoms with E-state index in [0.29, 0.717) is 26.2 Å². The van der Waals surface area contributed by atoms with E-state index in [2.05, 4.69) is 5.16 Å². The summed E-state index contributed by atoms with van der Waals surface area (Å²) in [5, 5.41) is 3.24. The van der Waals surface area contributed by atoms with Gasteiger partial charge in [-0.05, 0) is 39.0 Å². The first kappa shape index (κ1) is 19.0. The van der Waals surface area contributed by atoms with Gasteiger partial charge in [0.05, 0.1) is 7.11 Å². The van der Waals surface area contributed by atoms with Crippen LogP contribution in [0.1, 0.15) is 27.2 Å². The zero-order valence-electron chi connectivity index (χ0n) is 15.5. The second-order valence-corrected chi connectivity index (χ2v) is 9.58. The zero-order chi connectivity index (χ0) is 19.1. The van der Waals surface area contributed by atoms with Gasteiger partial charge in [0.15, 0.2) is 5.75 Å². The predicted molar refractivity (Wildman–Crippen MR) is 91.2 cm³/mol. The maximum Gasteiger partial charge on any atom is 0.410 e. The zero-order valence-corrected chi connectivity index (χ0v) is 16.3. The highest BCUT2D eigenvalue weighted by molar-refractivity contribution is 7.89. The Hall–Kier alpha value is -1.81. The van der Waals surface area contributed by atoms with E-state index in [1.54, 1.807) is 4.90 Å². The lowest BCUT2D eigenvalue weighted by Gasteiger charge is -2.35. The highest BCUT2D eigenvalue weighted by Crippen LogP contribution is 2.36. The van der Waals surface area contributed by atoms with Crippen LogP contribution in [-0.4, -0.2) is 67.8 Å². The molecular formula is C16H25N3O6S. The maximum absolute atomic E-state index is 12.8. The molecule has 26 heavy (non-hydrogen) atoms. The monoisotopic (exact) mass is 387 g/mol. The molecular weight excluding hydrogens is 362 g/mol. The second-order valence-electron chi connectivity index (χ2n) is 7.74. The van der Waals surface area contributed by atoms with Crippen LogP contribution in [0.25, 0.3) is 0 Å². The molecule has 2 unspecified atom stereocenters. The standard InChI is InChI=1S/C16H25N3O6S/c1-16(2,3)24-15(20)18-6-5-11-9-19(10-12(11)8-18)26(21,22)14-13(23-4)7-17-25-14/h7,11-12H,5-6,8-10H2,1-4H3. The van der Waals surface area contributed by atoms with Gasteiger partial charge in [0.1, 0.15) is 11.8 Å². The summed E-state index contributed by atoms with van der Waals surface area (Å²) in [6.07, 6.45) is 1.62. The minimum atomic E-state index is -3.82. The Kier molecular flexibility index (Phi) is 4.91. The molecule has 9 nitrogen and oxygen atoms in total. The van der Waals surface area contributed by atoms with Gasteiger partial charge in [0.25, 0.3) is 10.0 Å². The van der Waals surface area contributed by atoms with E-state index in [1.165, 1.54) is 17.6 Å². The Morgan fingerprint density at radius 2 is 1.96 bits per heavy atom. The van der Waals surface area contributed by atoms with Crippen molar-refractivity contribution in [2.75, 3.05) is 33.3 Å². The molecule has 0 aliphatic carbocycles. The minimum absolute atomic E-state index is 0.0694. The van der Waals surface area contributed by atoms with Crippen LogP contribution in [-0.2, 0) is 14.8 Å². The second kappa shape index (κ2) is 6.73. The van der Waals surface area contributed by atoms with E-state index >= 15 is 0 Å². The van der Waals surface area contributed by atoms with Gasteiger partial charge in [0.2, 0.25) is 0 Å². The van der Waals surface area contributed by atoms with Crippen molar-refractivity contribution in [2.24, 2.45) is 11.8 Å². The van der Waals surface area contributed by atoms with E-state index in [-0.39, 0.29) is 28.8 Å². The third-order valence-corrected chi connectivity index (χ3v) is 6.44. The average molecular weight is 387 g/mol. The van der Waals surface area contributed by atoms with E-state index in [0.717, 1.165) is 6.42 Å². The van der Waals surface area contributed by atoms with E-state index < -0.39 is 15.6 Å². The Labute approximate surface area is 153 Å². The smallest absolute Gasteiger partial charge is 0.410 e. The SMILES string of the molecule is COc1cnoc1S(=O)(=O)N1CC2CCN(C(=O)OC(C)(C)C)CC2C1. The lowest BCUT2D eigenvalue weighted by Crippen LogP contribution is -2.45. The van der Waals surface area contributed by atoms with Gasteiger partial charge in [-0.2, -0.15) is 4.31 Å². The lowest BCUT2D eigenvalue weighted by molar-refractivity contribution is 0.0139. The van der Waals surface area contributed by atoms with Crippen molar-refractivity contribution in [1.82, 2.24) is 14.4 Å². The molecule has 2 atom stereocenters. The van der Waals surface area contributed by atoms with Crippen molar-refractivity contribution < 1.29 is 27.2 Å². The Morgan fingerprint density at radius 3 is 2.62 bits per heavy atom. The van der Waals surface area contributed by atoms with Gasteiger partial charge in [-0.3, -0.25) is 0 Å². The molecule has 1 aromatic heterocycles. The van der Waals surface area contributed by atoms with Crippen LogP contribution in [0.15, 0.2) is 15.8 Å². The number of hydrogen-bond acceptors (Lipinski definition) is 7. The van der Waals surface area contributed by atoms with Crippen LogP contribution in [0.4, 0.5) is 4.79 Å². The molecule has 3 heterocycles. The molecule has 0 bridgehead atoms. The largest absolute Gasteiger partial charge is 0.491 e. The number of likely N-dealkylation sites (tertiary alicyclic amines) is 1. The summed E-state index contributed by atoms with van der Waals surface area (Å²) in [6.45, 7) is 7.26. The first-order chi connectivity index (χ1) is 12.1. The van der Waals surface area contributed by atoms with Crippen molar-refractivity contribution in [3.63, 3.8) is 0 Å². The molecule has 0 saturated carbocycles. The van der Waals surface area contributed by atoms with Crippen LogP contribution in [0.3, 0.4) is 0 Å². The van der Waals surface area contributed by atoms with Crippen LogP contribution in [0.5, 0.6) is 5.75 Å².